The van der Waals surface area contributed by atoms with Crippen LogP contribution in [0.2, 0.25) is 0 Å². The molecule has 0 atom stereocenters. The van der Waals surface area contributed by atoms with Gasteiger partial charge in [-0.15, -0.1) is 11.3 Å². The molecule has 0 aromatic carbocycles. The van der Waals surface area contributed by atoms with E-state index < -0.39 is 0 Å². The molecule has 86 valence electrons. The van der Waals surface area contributed by atoms with Gasteiger partial charge in [0.25, 0.3) is 0 Å². The fourth-order valence-corrected chi connectivity index (χ4v) is 2.53. The van der Waals surface area contributed by atoms with Crippen LogP contribution in [-0.2, 0) is 19.6 Å². The highest BCUT2D eigenvalue weighted by molar-refractivity contribution is 7.11. The Bertz CT molecular complexity index is 445. The number of nitrogens with zero attached hydrogens (tertiary/aromatic N) is 2. The van der Waals surface area contributed by atoms with Crippen LogP contribution in [0.4, 0.5) is 0 Å². The van der Waals surface area contributed by atoms with Gasteiger partial charge < -0.3 is 9.88 Å². The van der Waals surface area contributed by atoms with Crippen LogP contribution in [0, 0.1) is 6.92 Å². The summed E-state index contributed by atoms with van der Waals surface area (Å²) in [6, 6.07) is 4.34. The summed E-state index contributed by atoms with van der Waals surface area (Å²) >= 11 is 1.85. The van der Waals surface area contributed by atoms with E-state index in [9.17, 15) is 0 Å². The Morgan fingerprint density at radius 2 is 2.25 bits per heavy atom. The van der Waals surface area contributed by atoms with Crippen LogP contribution < -0.4 is 5.32 Å². The summed E-state index contributed by atoms with van der Waals surface area (Å²) in [5.74, 6) is 1.11. The van der Waals surface area contributed by atoms with E-state index in [1.807, 2.05) is 23.7 Å². The minimum atomic E-state index is 0.831. The third kappa shape index (κ3) is 2.71. The molecule has 4 heteroatoms. The zero-order valence-corrected chi connectivity index (χ0v) is 10.5. The highest BCUT2D eigenvalue weighted by Gasteiger charge is 2.01. The predicted octanol–water partition coefficient (Wildman–Crippen LogP) is 2.56. The molecule has 0 aliphatic rings. The van der Waals surface area contributed by atoms with E-state index in [-0.39, 0.29) is 0 Å². The number of hydrogen-bond donors (Lipinski definition) is 1. The fourth-order valence-electron chi connectivity index (χ4n) is 1.67. The van der Waals surface area contributed by atoms with Crippen LogP contribution in [0.25, 0.3) is 0 Å². The minimum Gasteiger partial charge on any atom is -0.334 e. The number of thiophene rings is 1. The van der Waals surface area contributed by atoms with Crippen LogP contribution >= 0.6 is 11.3 Å². The summed E-state index contributed by atoms with van der Waals surface area (Å²) in [4.78, 5) is 7.08. The maximum atomic E-state index is 4.33. The second kappa shape index (κ2) is 5.27. The van der Waals surface area contributed by atoms with Gasteiger partial charge in [-0.25, -0.2) is 4.98 Å². The SMILES string of the molecule is CCn1ccnc1CNCc1ccc(C)s1. The average molecular weight is 235 g/mol. The van der Waals surface area contributed by atoms with Gasteiger partial charge >= 0.3 is 0 Å². The molecule has 0 saturated carbocycles. The number of aryl methyl sites for hydroxylation is 2. The molecule has 0 bridgehead atoms. The first-order chi connectivity index (χ1) is 7.79. The molecule has 0 unspecified atom stereocenters. The van der Waals surface area contributed by atoms with Crippen molar-refractivity contribution < 1.29 is 0 Å². The maximum Gasteiger partial charge on any atom is 0.122 e. The van der Waals surface area contributed by atoms with Crippen molar-refractivity contribution in [2.24, 2.45) is 0 Å². The number of hydrogen-bond acceptors (Lipinski definition) is 3. The van der Waals surface area contributed by atoms with Crippen LogP contribution in [-0.4, -0.2) is 9.55 Å². The molecule has 3 nitrogen and oxygen atoms in total. The first kappa shape index (κ1) is 11.4. The van der Waals surface area contributed by atoms with Crippen molar-refractivity contribution in [2.45, 2.75) is 33.5 Å². The third-order valence-corrected chi connectivity index (χ3v) is 3.52. The van der Waals surface area contributed by atoms with Gasteiger partial charge in [0, 0.05) is 35.2 Å². The Labute approximate surface area is 100 Å². The molecular weight excluding hydrogens is 218 g/mol. The molecule has 2 aromatic rings. The van der Waals surface area contributed by atoms with Crippen molar-refractivity contribution in [3.05, 3.63) is 40.1 Å². The molecule has 0 fully saturated rings. The van der Waals surface area contributed by atoms with Crippen LogP contribution in [0.5, 0.6) is 0 Å². The second-order valence-electron chi connectivity index (χ2n) is 3.75. The first-order valence-electron chi connectivity index (χ1n) is 5.55. The van der Waals surface area contributed by atoms with Gasteiger partial charge in [-0.2, -0.15) is 0 Å². The standard InChI is InChI=1S/C12H17N3S/c1-3-15-7-6-14-12(15)9-13-8-11-5-4-10(2)16-11/h4-7,13H,3,8-9H2,1-2H3. The molecule has 2 aromatic heterocycles. The molecule has 0 radical (unpaired) electrons. The Kier molecular flexibility index (Phi) is 3.74. The number of imidazole rings is 1. The van der Waals surface area contributed by atoms with E-state index in [1.165, 1.54) is 9.75 Å². The summed E-state index contributed by atoms with van der Waals surface area (Å²) in [7, 11) is 0. The molecule has 0 saturated heterocycles. The highest BCUT2D eigenvalue weighted by Crippen LogP contribution is 2.14. The summed E-state index contributed by atoms with van der Waals surface area (Å²) in [6.45, 7) is 7.01. The fraction of sp³-hybridized carbons (Fsp3) is 0.417. The Morgan fingerprint density at radius 1 is 1.38 bits per heavy atom. The largest absolute Gasteiger partial charge is 0.334 e. The molecule has 2 heterocycles. The number of aromatic nitrogens is 2. The first-order valence-corrected chi connectivity index (χ1v) is 6.37. The third-order valence-electron chi connectivity index (χ3n) is 2.52. The van der Waals surface area contributed by atoms with E-state index >= 15 is 0 Å². The van der Waals surface area contributed by atoms with Crippen molar-refractivity contribution in [3.63, 3.8) is 0 Å². The van der Waals surface area contributed by atoms with Gasteiger partial charge in [-0.1, -0.05) is 0 Å². The summed E-state index contributed by atoms with van der Waals surface area (Å²) in [5.41, 5.74) is 0. The smallest absolute Gasteiger partial charge is 0.122 e. The zero-order chi connectivity index (χ0) is 11.4. The molecular formula is C12H17N3S. The van der Waals surface area contributed by atoms with E-state index in [1.54, 1.807) is 0 Å². The molecule has 2 rings (SSSR count). The number of rotatable bonds is 5. The van der Waals surface area contributed by atoms with Gasteiger partial charge in [0.2, 0.25) is 0 Å². The van der Waals surface area contributed by atoms with Crippen molar-refractivity contribution in [1.82, 2.24) is 14.9 Å². The zero-order valence-electron chi connectivity index (χ0n) is 9.73. The van der Waals surface area contributed by atoms with E-state index in [4.69, 9.17) is 0 Å². The topological polar surface area (TPSA) is 29.9 Å². The van der Waals surface area contributed by atoms with E-state index in [0.717, 1.165) is 25.5 Å². The lowest BCUT2D eigenvalue weighted by Gasteiger charge is -2.05. The molecule has 0 spiro atoms. The van der Waals surface area contributed by atoms with E-state index in [0.29, 0.717) is 0 Å². The van der Waals surface area contributed by atoms with Crippen molar-refractivity contribution in [2.75, 3.05) is 0 Å². The van der Waals surface area contributed by atoms with Crippen LogP contribution in [0.3, 0.4) is 0 Å². The predicted molar refractivity (Wildman–Crippen MR) is 67.5 cm³/mol. The van der Waals surface area contributed by atoms with Crippen molar-refractivity contribution in [1.29, 1.82) is 0 Å². The lowest BCUT2D eigenvalue weighted by atomic mass is 10.4. The average Bonchev–Trinajstić information content (AvgIpc) is 2.87. The normalized spacial score (nSPS) is 10.9. The van der Waals surface area contributed by atoms with Gasteiger partial charge in [0.05, 0.1) is 6.54 Å². The van der Waals surface area contributed by atoms with E-state index in [2.05, 4.69) is 40.8 Å². The van der Waals surface area contributed by atoms with Crippen LogP contribution in [0.1, 0.15) is 22.5 Å². The molecule has 16 heavy (non-hydrogen) atoms. The number of nitrogens with one attached hydrogen (secondary N) is 1. The quantitative estimate of drug-likeness (QED) is 0.863. The Hall–Kier alpha value is -1.13. The minimum absolute atomic E-state index is 0.831. The summed E-state index contributed by atoms with van der Waals surface area (Å²) < 4.78 is 2.16. The lowest BCUT2D eigenvalue weighted by Crippen LogP contribution is -2.15. The van der Waals surface area contributed by atoms with Gasteiger partial charge in [-0.3, -0.25) is 0 Å². The molecule has 0 aliphatic carbocycles. The molecule has 0 amide bonds. The van der Waals surface area contributed by atoms with Crippen LogP contribution in [0.15, 0.2) is 24.5 Å². The molecule has 0 aliphatic heterocycles. The summed E-state index contributed by atoms with van der Waals surface area (Å²) in [5, 5.41) is 3.42. The monoisotopic (exact) mass is 235 g/mol. The lowest BCUT2D eigenvalue weighted by molar-refractivity contribution is 0.616. The van der Waals surface area contributed by atoms with Crippen molar-refractivity contribution in [3.8, 4) is 0 Å². The Balaban J connectivity index is 1.84. The van der Waals surface area contributed by atoms with Gasteiger partial charge in [0.15, 0.2) is 0 Å². The van der Waals surface area contributed by atoms with Gasteiger partial charge in [0.1, 0.15) is 5.82 Å². The summed E-state index contributed by atoms with van der Waals surface area (Å²) in [6.07, 6.45) is 3.88. The Morgan fingerprint density at radius 3 is 2.94 bits per heavy atom. The second-order valence-corrected chi connectivity index (χ2v) is 5.12. The molecule has 1 N–H and O–H groups in total. The van der Waals surface area contributed by atoms with Gasteiger partial charge in [-0.05, 0) is 26.0 Å². The van der Waals surface area contributed by atoms with Crippen molar-refractivity contribution >= 4 is 11.3 Å². The highest BCUT2D eigenvalue weighted by atomic mass is 32.1. The maximum absolute atomic E-state index is 4.33.